The number of amides is 1. The molecule has 1 aliphatic rings. The summed E-state index contributed by atoms with van der Waals surface area (Å²) in [5.41, 5.74) is 5.02. The SMILES string of the molecule is CCCCCN(CC(C)(NC1CC1)C(N)=O)C(C)C. The zero-order valence-corrected chi connectivity index (χ0v) is 13.0. The summed E-state index contributed by atoms with van der Waals surface area (Å²) in [5.74, 6) is -0.236. The van der Waals surface area contributed by atoms with E-state index in [-0.39, 0.29) is 5.91 Å². The lowest BCUT2D eigenvalue weighted by molar-refractivity contribution is -0.124. The van der Waals surface area contributed by atoms with Crippen molar-refractivity contribution in [3.63, 3.8) is 0 Å². The monoisotopic (exact) mass is 269 g/mol. The van der Waals surface area contributed by atoms with Crippen LogP contribution in [-0.2, 0) is 4.79 Å². The van der Waals surface area contributed by atoms with Crippen LogP contribution < -0.4 is 11.1 Å². The van der Waals surface area contributed by atoms with E-state index in [4.69, 9.17) is 5.73 Å². The summed E-state index contributed by atoms with van der Waals surface area (Å²) in [7, 11) is 0. The Kier molecular flexibility index (Phi) is 6.27. The zero-order valence-electron chi connectivity index (χ0n) is 13.0. The van der Waals surface area contributed by atoms with Crippen molar-refractivity contribution in [2.75, 3.05) is 13.1 Å². The number of nitrogens with two attached hydrogens (primary N) is 1. The van der Waals surface area contributed by atoms with Gasteiger partial charge in [-0.25, -0.2) is 0 Å². The van der Waals surface area contributed by atoms with Crippen LogP contribution in [0.15, 0.2) is 0 Å². The maximum absolute atomic E-state index is 11.8. The lowest BCUT2D eigenvalue weighted by atomic mass is 9.99. The van der Waals surface area contributed by atoms with E-state index in [2.05, 4.69) is 31.0 Å². The second kappa shape index (κ2) is 7.25. The Morgan fingerprint density at radius 2 is 2.05 bits per heavy atom. The molecule has 0 radical (unpaired) electrons. The van der Waals surface area contributed by atoms with Crippen LogP contribution in [0.5, 0.6) is 0 Å². The first-order chi connectivity index (χ1) is 8.89. The fraction of sp³-hybridized carbons (Fsp3) is 0.933. The highest BCUT2D eigenvalue weighted by molar-refractivity contribution is 5.84. The van der Waals surface area contributed by atoms with Crippen molar-refractivity contribution in [3.05, 3.63) is 0 Å². The molecule has 4 nitrogen and oxygen atoms in total. The number of rotatable bonds is 10. The largest absolute Gasteiger partial charge is 0.368 e. The molecule has 4 heteroatoms. The zero-order chi connectivity index (χ0) is 14.5. The molecule has 0 heterocycles. The summed E-state index contributed by atoms with van der Waals surface area (Å²) in [6.45, 7) is 10.3. The van der Waals surface area contributed by atoms with E-state index < -0.39 is 5.54 Å². The van der Waals surface area contributed by atoms with Crippen molar-refractivity contribution >= 4 is 5.91 Å². The van der Waals surface area contributed by atoms with E-state index in [1.807, 2.05) is 6.92 Å². The summed E-state index contributed by atoms with van der Waals surface area (Å²) < 4.78 is 0. The molecule has 0 spiro atoms. The highest BCUT2D eigenvalue weighted by Gasteiger charge is 2.38. The molecular formula is C15H31N3O. The maximum atomic E-state index is 11.8. The topological polar surface area (TPSA) is 58.4 Å². The molecule has 0 aromatic carbocycles. The molecule has 1 rings (SSSR count). The fourth-order valence-electron chi connectivity index (χ4n) is 2.36. The first kappa shape index (κ1) is 16.4. The van der Waals surface area contributed by atoms with Gasteiger partial charge in [-0.15, -0.1) is 0 Å². The molecular weight excluding hydrogens is 238 g/mol. The molecule has 0 aromatic heterocycles. The van der Waals surface area contributed by atoms with Crippen LogP contribution in [0, 0.1) is 0 Å². The number of nitrogens with one attached hydrogen (secondary N) is 1. The van der Waals surface area contributed by atoms with Crippen molar-refractivity contribution in [2.24, 2.45) is 5.73 Å². The number of hydrogen-bond donors (Lipinski definition) is 2. The molecule has 1 saturated carbocycles. The smallest absolute Gasteiger partial charge is 0.238 e. The van der Waals surface area contributed by atoms with Gasteiger partial charge in [0.25, 0.3) is 0 Å². The van der Waals surface area contributed by atoms with Gasteiger partial charge < -0.3 is 5.73 Å². The Balaban J connectivity index is 2.58. The lowest BCUT2D eigenvalue weighted by Gasteiger charge is -2.36. The highest BCUT2D eigenvalue weighted by Crippen LogP contribution is 2.23. The van der Waals surface area contributed by atoms with Gasteiger partial charge in [-0.2, -0.15) is 0 Å². The Labute approximate surface area is 118 Å². The molecule has 0 aliphatic heterocycles. The van der Waals surface area contributed by atoms with Gasteiger partial charge in [0.05, 0.1) is 0 Å². The van der Waals surface area contributed by atoms with Gasteiger partial charge in [-0.3, -0.25) is 15.0 Å². The van der Waals surface area contributed by atoms with Crippen molar-refractivity contribution < 1.29 is 4.79 Å². The van der Waals surface area contributed by atoms with Gasteiger partial charge in [-0.05, 0) is 46.6 Å². The minimum atomic E-state index is -0.600. The van der Waals surface area contributed by atoms with E-state index in [1.165, 1.54) is 32.1 Å². The molecule has 1 fully saturated rings. The predicted octanol–water partition coefficient (Wildman–Crippen LogP) is 1.88. The van der Waals surface area contributed by atoms with Gasteiger partial charge in [0.15, 0.2) is 0 Å². The van der Waals surface area contributed by atoms with E-state index in [0.717, 1.165) is 6.54 Å². The third-order valence-electron chi connectivity index (χ3n) is 3.94. The van der Waals surface area contributed by atoms with E-state index in [9.17, 15) is 4.79 Å². The van der Waals surface area contributed by atoms with Crippen molar-refractivity contribution in [3.8, 4) is 0 Å². The average Bonchev–Trinajstić information content (AvgIpc) is 3.11. The molecule has 0 aromatic rings. The van der Waals surface area contributed by atoms with E-state index in [1.54, 1.807) is 0 Å². The summed E-state index contributed by atoms with van der Waals surface area (Å²) >= 11 is 0. The predicted molar refractivity (Wildman–Crippen MR) is 80.0 cm³/mol. The molecule has 0 bridgehead atoms. The normalized spacial score (nSPS) is 18.8. The number of carbonyl (C=O) groups excluding carboxylic acids is 1. The van der Waals surface area contributed by atoms with Crippen LogP contribution >= 0.6 is 0 Å². The van der Waals surface area contributed by atoms with Gasteiger partial charge in [0.2, 0.25) is 5.91 Å². The number of nitrogens with zero attached hydrogens (tertiary/aromatic N) is 1. The average molecular weight is 269 g/mol. The van der Waals surface area contributed by atoms with Gasteiger partial charge in [0, 0.05) is 18.6 Å². The van der Waals surface area contributed by atoms with Crippen LogP contribution in [0.2, 0.25) is 0 Å². The molecule has 1 amide bonds. The first-order valence-corrected chi connectivity index (χ1v) is 7.70. The first-order valence-electron chi connectivity index (χ1n) is 7.70. The summed E-state index contributed by atoms with van der Waals surface area (Å²) in [6, 6.07) is 0.929. The Bertz CT molecular complexity index is 289. The highest BCUT2D eigenvalue weighted by atomic mass is 16.1. The third-order valence-corrected chi connectivity index (χ3v) is 3.94. The lowest BCUT2D eigenvalue weighted by Crippen LogP contribution is -2.61. The number of primary amides is 1. The molecule has 1 atom stereocenters. The molecule has 0 saturated heterocycles. The quantitative estimate of drug-likeness (QED) is 0.595. The summed E-state index contributed by atoms with van der Waals surface area (Å²) in [5, 5.41) is 3.43. The number of hydrogen-bond acceptors (Lipinski definition) is 3. The van der Waals surface area contributed by atoms with Gasteiger partial charge in [-0.1, -0.05) is 19.8 Å². The molecule has 3 N–H and O–H groups in total. The van der Waals surface area contributed by atoms with Gasteiger partial charge in [0.1, 0.15) is 5.54 Å². The van der Waals surface area contributed by atoms with Crippen molar-refractivity contribution in [2.45, 2.75) is 77.4 Å². The van der Waals surface area contributed by atoms with Crippen molar-refractivity contribution in [1.29, 1.82) is 0 Å². The maximum Gasteiger partial charge on any atom is 0.238 e. The van der Waals surface area contributed by atoms with Crippen LogP contribution in [0.4, 0.5) is 0 Å². The molecule has 112 valence electrons. The Morgan fingerprint density at radius 1 is 1.42 bits per heavy atom. The van der Waals surface area contributed by atoms with Gasteiger partial charge >= 0.3 is 0 Å². The standard InChI is InChI=1S/C15H31N3O/c1-5-6-7-10-18(12(2)3)11-15(4,14(16)19)17-13-8-9-13/h12-13,17H,5-11H2,1-4H3,(H2,16,19). The van der Waals surface area contributed by atoms with Crippen LogP contribution in [0.3, 0.4) is 0 Å². The molecule has 1 unspecified atom stereocenters. The van der Waals surface area contributed by atoms with Crippen LogP contribution in [-0.4, -0.2) is 41.5 Å². The van der Waals surface area contributed by atoms with Crippen LogP contribution in [0.1, 0.15) is 59.8 Å². The van der Waals surface area contributed by atoms with E-state index in [0.29, 0.717) is 18.6 Å². The molecule has 1 aliphatic carbocycles. The number of carbonyl (C=O) groups is 1. The molecule has 19 heavy (non-hydrogen) atoms. The van der Waals surface area contributed by atoms with Crippen molar-refractivity contribution in [1.82, 2.24) is 10.2 Å². The minimum Gasteiger partial charge on any atom is -0.368 e. The second-order valence-corrected chi connectivity index (χ2v) is 6.39. The Hall–Kier alpha value is -0.610. The third kappa shape index (κ3) is 5.49. The second-order valence-electron chi connectivity index (χ2n) is 6.39. The minimum absolute atomic E-state index is 0.236. The van der Waals surface area contributed by atoms with E-state index >= 15 is 0 Å². The van der Waals surface area contributed by atoms with Crippen LogP contribution in [0.25, 0.3) is 0 Å². The summed E-state index contributed by atoms with van der Waals surface area (Å²) in [4.78, 5) is 14.2. The summed E-state index contributed by atoms with van der Waals surface area (Å²) in [6.07, 6.45) is 5.99. The Morgan fingerprint density at radius 3 is 2.47 bits per heavy atom. The number of unbranched alkanes of at least 4 members (excludes halogenated alkanes) is 2. The fourth-order valence-corrected chi connectivity index (χ4v) is 2.36.